The van der Waals surface area contributed by atoms with Gasteiger partial charge in [0.2, 0.25) is 5.91 Å². The van der Waals surface area contributed by atoms with E-state index in [1.54, 1.807) is 19.8 Å². The topological polar surface area (TPSA) is 107 Å². The van der Waals surface area contributed by atoms with E-state index in [1.165, 1.54) is 51.4 Å². The van der Waals surface area contributed by atoms with Gasteiger partial charge in [-0.2, -0.15) is 0 Å². The molecule has 3 saturated carbocycles. The summed E-state index contributed by atoms with van der Waals surface area (Å²) in [5.74, 6) is 6.56. The lowest BCUT2D eigenvalue weighted by molar-refractivity contribution is -0.137. The van der Waals surface area contributed by atoms with Crippen molar-refractivity contribution in [1.82, 2.24) is 10.2 Å². The molecule has 5 aliphatic rings. The molecule has 0 aromatic heterocycles. The number of carbonyl (C=O) groups excluding carboxylic acids is 2. The van der Waals surface area contributed by atoms with Crippen LogP contribution in [0.2, 0.25) is 0 Å². The van der Waals surface area contributed by atoms with E-state index in [0.717, 1.165) is 102 Å². The van der Waals surface area contributed by atoms with Crippen LogP contribution < -0.4 is 14.8 Å². The number of ether oxygens (including phenoxy) is 4. The number of likely N-dealkylation sites (tertiary alicyclic amines) is 1. The molecule has 1 heterocycles. The predicted molar refractivity (Wildman–Crippen MR) is 283 cm³/mol. The van der Waals surface area contributed by atoms with E-state index in [4.69, 9.17) is 18.9 Å². The Bertz CT molecular complexity index is 2170. The van der Waals surface area contributed by atoms with Gasteiger partial charge in [0.25, 0.3) is 0 Å². The number of allylic oxidation sites excluding steroid dienone is 1. The third-order valence-electron chi connectivity index (χ3n) is 19.2. The summed E-state index contributed by atoms with van der Waals surface area (Å²) in [4.78, 5) is 28.5. The first-order valence-corrected chi connectivity index (χ1v) is 27.8. The second-order valence-corrected chi connectivity index (χ2v) is 23.6. The number of aliphatic hydroxyl groups is 1. The first-order valence-electron chi connectivity index (χ1n) is 27.8. The molecule has 1 unspecified atom stereocenters. The molecule has 9 heteroatoms. The normalized spacial score (nSPS) is 27.4. The lowest BCUT2D eigenvalue weighted by Gasteiger charge is -2.58. The number of carbonyl (C=O) groups is 2. The summed E-state index contributed by atoms with van der Waals surface area (Å²) in [6.45, 7) is 14.4. The summed E-state index contributed by atoms with van der Waals surface area (Å²) in [7, 11) is 3.32. The van der Waals surface area contributed by atoms with Gasteiger partial charge >= 0.3 is 6.09 Å². The summed E-state index contributed by atoms with van der Waals surface area (Å²) in [5, 5.41) is 14.0. The Balaban J connectivity index is 0.770. The van der Waals surface area contributed by atoms with Gasteiger partial charge in [-0.3, -0.25) is 4.79 Å². The van der Waals surface area contributed by atoms with Gasteiger partial charge in [0.15, 0.2) is 0 Å². The van der Waals surface area contributed by atoms with Gasteiger partial charge in [0.05, 0.1) is 27.4 Å². The number of piperidine rings is 1. The number of amides is 2. The van der Waals surface area contributed by atoms with Gasteiger partial charge in [-0.05, 0) is 158 Å². The Morgan fingerprint density at radius 3 is 2.06 bits per heavy atom. The lowest BCUT2D eigenvalue weighted by atomic mass is 9.47. The highest BCUT2D eigenvalue weighted by molar-refractivity contribution is 5.76. The molecule has 0 bridgehead atoms. The van der Waals surface area contributed by atoms with Crippen LogP contribution in [0, 0.1) is 51.8 Å². The molecule has 2 N–H and O–H groups in total. The van der Waals surface area contributed by atoms with Crippen LogP contribution in [0.4, 0.5) is 4.79 Å². The molecular weight excluding hydrogens is 885 g/mol. The Labute approximate surface area is 427 Å². The number of hydrogen-bond acceptors (Lipinski definition) is 7. The van der Waals surface area contributed by atoms with Crippen molar-refractivity contribution in [3.8, 4) is 11.5 Å². The van der Waals surface area contributed by atoms with Gasteiger partial charge in [-0.25, -0.2) is 4.79 Å². The molecule has 0 radical (unpaired) electrons. The Morgan fingerprint density at radius 2 is 1.42 bits per heavy atom. The highest BCUT2D eigenvalue weighted by Crippen LogP contribution is 2.67. The Hall–Kier alpha value is -4.34. The van der Waals surface area contributed by atoms with Gasteiger partial charge < -0.3 is 34.3 Å². The maximum Gasteiger partial charge on any atom is 0.407 e. The maximum atomic E-state index is 13.5. The molecule has 3 aromatic rings. The van der Waals surface area contributed by atoms with Crippen molar-refractivity contribution in [2.24, 2.45) is 51.8 Å². The lowest BCUT2D eigenvalue weighted by Crippen LogP contribution is -2.51. The number of nitrogens with zero attached hydrogens (tertiary/aromatic N) is 1. The summed E-state index contributed by atoms with van der Waals surface area (Å²) in [6, 6.07) is 26.2. The SMILES string of the molecule is COc1ccc(C(OCC2(CO)CCN(C(=O)CCCCCNC(=O)OC3CC[C@@]4(C)C(=CC[C@H]5[C@@H]6CC[C@H]([C@H](C)CCCC(C)C)[C@@]6(C)CC[C@@H]54)C3)CC2)(c2ccccc2)c2ccc(OC)cc2)cc1. The second kappa shape index (κ2) is 23.3. The van der Waals surface area contributed by atoms with Crippen molar-refractivity contribution < 1.29 is 33.6 Å². The van der Waals surface area contributed by atoms with Crippen LogP contribution in [-0.4, -0.2) is 75.2 Å². The average molecular weight is 973 g/mol. The molecule has 388 valence electrons. The van der Waals surface area contributed by atoms with Gasteiger partial charge in [0.1, 0.15) is 23.2 Å². The molecule has 9 nitrogen and oxygen atoms in total. The molecule has 0 spiro atoms. The van der Waals surface area contributed by atoms with Crippen LogP contribution >= 0.6 is 0 Å². The van der Waals surface area contributed by atoms with E-state index >= 15 is 0 Å². The van der Waals surface area contributed by atoms with E-state index in [1.807, 2.05) is 71.6 Å². The molecule has 2 amide bonds. The highest BCUT2D eigenvalue weighted by Gasteiger charge is 2.59. The fraction of sp³-hybridized carbons (Fsp3) is 0.645. The highest BCUT2D eigenvalue weighted by atomic mass is 16.6. The van der Waals surface area contributed by atoms with Crippen LogP contribution in [0.1, 0.15) is 160 Å². The molecule has 4 fully saturated rings. The minimum atomic E-state index is -0.987. The number of hydrogen-bond donors (Lipinski definition) is 2. The number of aliphatic hydroxyl groups excluding tert-OH is 1. The zero-order chi connectivity index (χ0) is 50.2. The predicted octanol–water partition coefficient (Wildman–Crippen LogP) is 13.3. The second-order valence-electron chi connectivity index (χ2n) is 23.6. The molecule has 8 atom stereocenters. The van der Waals surface area contributed by atoms with Gasteiger partial charge in [0, 0.05) is 37.9 Å². The standard InChI is InChI=1S/C62H88N2O7/c1-44(2)15-14-16-45(3)54-30-31-55-53-29-24-49-41-52(32-34-59(49,4)56(53)33-35-60(54,55)5)71-58(67)63-38-13-9-12-19-57(66)64-39-36-61(42-65,37-40-64)43-70-62(46-17-10-8-11-18-46,47-20-25-50(68-6)26-21-47)48-22-27-51(69-7)28-23-48/h8,10-11,17-18,20-28,44-45,52-56,65H,9,12-16,19,29-43H2,1-7H3,(H,63,67)/t45-,52?,53+,54-,55+,56+,59+,60-/m1/s1. The van der Waals surface area contributed by atoms with Crippen molar-refractivity contribution in [2.45, 2.75) is 155 Å². The molecular formula is C62H88N2O7. The van der Waals surface area contributed by atoms with E-state index in [2.05, 4.69) is 58.1 Å². The van der Waals surface area contributed by atoms with Gasteiger partial charge in [-0.15, -0.1) is 0 Å². The van der Waals surface area contributed by atoms with Crippen molar-refractivity contribution in [3.05, 3.63) is 107 Å². The smallest absolute Gasteiger partial charge is 0.407 e. The minimum absolute atomic E-state index is 0.0434. The van der Waals surface area contributed by atoms with E-state index in [9.17, 15) is 14.7 Å². The molecule has 71 heavy (non-hydrogen) atoms. The van der Waals surface area contributed by atoms with Crippen molar-refractivity contribution in [3.63, 3.8) is 0 Å². The molecule has 1 saturated heterocycles. The first-order chi connectivity index (χ1) is 34.3. The quantitative estimate of drug-likeness (QED) is 0.0622. The van der Waals surface area contributed by atoms with Crippen LogP contribution in [0.3, 0.4) is 0 Å². The number of alkyl carbamates (subject to hydrolysis) is 1. The summed E-state index contributed by atoms with van der Waals surface area (Å²) < 4.78 is 24.3. The summed E-state index contributed by atoms with van der Waals surface area (Å²) >= 11 is 0. The number of nitrogens with one attached hydrogen (secondary N) is 1. The first kappa shape index (κ1) is 53.0. The van der Waals surface area contributed by atoms with Crippen molar-refractivity contribution >= 4 is 12.0 Å². The number of fused-ring (bicyclic) bond motifs is 5. The molecule has 8 rings (SSSR count). The summed E-state index contributed by atoms with van der Waals surface area (Å²) in [5.41, 5.74) is 3.62. The van der Waals surface area contributed by atoms with E-state index < -0.39 is 11.0 Å². The monoisotopic (exact) mass is 973 g/mol. The third kappa shape index (κ3) is 11.4. The molecule has 1 aliphatic heterocycles. The van der Waals surface area contributed by atoms with E-state index in [-0.39, 0.29) is 30.1 Å². The number of rotatable bonds is 21. The fourth-order valence-corrected chi connectivity index (χ4v) is 14.8. The Morgan fingerprint density at radius 1 is 0.761 bits per heavy atom. The van der Waals surface area contributed by atoms with Crippen molar-refractivity contribution in [2.75, 3.05) is 47.1 Å². The number of unbranched alkanes of at least 4 members (excludes halogenated alkanes) is 2. The summed E-state index contributed by atoms with van der Waals surface area (Å²) in [6.07, 6.45) is 20.2. The van der Waals surface area contributed by atoms with Crippen LogP contribution in [0.15, 0.2) is 90.5 Å². The fourth-order valence-electron chi connectivity index (χ4n) is 14.8. The minimum Gasteiger partial charge on any atom is -0.497 e. The maximum absolute atomic E-state index is 13.5. The largest absolute Gasteiger partial charge is 0.497 e. The number of benzene rings is 3. The third-order valence-corrected chi connectivity index (χ3v) is 19.2. The van der Waals surface area contributed by atoms with Crippen LogP contribution in [-0.2, 0) is 19.9 Å². The van der Waals surface area contributed by atoms with Crippen LogP contribution in [0.25, 0.3) is 0 Å². The van der Waals surface area contributed by atoms with Gasteiger partial charge in [-0.1, -0.05) is 127 Å². The average Bonchev–Trinajstić information content (AvgIpc) is 3.75. The Kier molecular flexibility index (Phi) is 17.3. The van der Waals surface area contributed by atoms with Crippen LogP contribution in [0.5, 0.6) is 11.5 Å². The molecule has 4 aliphatic carbocycles. The van der Waals surface area contributed by atoms with Crippen molar-refractivity contribution in [1.29, 1.82) is 0 Å². The van der Waals surface area contributed by atoms with E-state index in [0.29, 0.717) is 50.9 Å². The zero-order valence-electron chi connectivity index (χ0n) is 44.5. The zero-order valence-corrected chi connectivity index (χ0v) is 44.5. The number of methoxy groups -OCH3 is 2. The molecule has 3 aromatic carbocycles.